The molecule has 0 saturated carbocycles. The monoisotopic (exact) mass is 320 g/mol. The number of hydrogen-bond acceptors (Lipinski definition) is 3. The van der Waals surface area contributed by atoms with Crippen LogP contribution in [0.5, 0.6) is 0 Å². The highest BCUT2D eigenvalue weighted by Gasteiger charge is 2.39. The van der Waals surface area contributed by atoms with E-state index >= 15 is 0 Å². The highest BCUT2D eigenvalue weighted by atomic mass is 32.2. The molecule has 1 amide bonds. The second kappa shape index (κ2) is 5.70. The zero-order valence-corrected chi connectivity index (χ0v) is 13.6. The molecule has 5 nitrogen and oxygen atoms in total. The largest absolute Gasteiger partial charge is 0.325 e. The molecular weight excluding hydrogens is 300 g/mol. The van der Waals surface area contributed by atoms with Crippen molar-refractivity contribution in [1.29, 1.82) is 0 Å². The van der Waals surface area contributed by atoms with E-state index in [2.05, 4.69) is 18.5 Å². The van der Waals surface area contributed by atoms with Gasteiger partial charge in [0, 0.05) is 18.8 Å². The third-order valence-corrected chi connectivity index (χ3v) is 5.61. The minimum absolute atomic E-state index is 0.133. The van der Waals surface area contributed by atoms with E-state index in [1.165, 1.54) is 22.5 Å². The second-order valence-corrected chi connectivity index (χ2v) is 7.62. The fourth-order valence-corrected chi connectivity index (χ4v) is 3.83. The Morgan fingerprint density at radius 1 is 1.23 bits per heavy atom. The molecule has 0 atom stereocenters. The number of fused-ring (bicyclic) bond motifs is 1. The average molecular weight is 320 g/mol. The average Bonchev–Trinajstić information content (AvgIpc) is 2.68. The summed E-state index contributed by atoms with van der Waals surface area (Å²) < 4.78 is 26.7. The number of carbonyl (C=O) groups is 1. The zero-order chi connectivity index (χ0) is 16.5. The van der Waals surface area contributed by atoms with Gasteiger partial charge in [-0.2, -0.15) is 4.31 Å². The van der Waals surface area contributed by atoms with E-state index in [9.17, 15) is 13.2 Å². The summed E-state index contributed by atoms with van der Waals surface area (Å²) >= 11 is 0. The van der Waals surface area contributed by atoms with Crippen LogP contribution in [0.2, 0.25) is 0 Å². The summed E-state index contributed by atoms with van der Waals surface area (Å²) in [6, 6.07) is 4.71. The maximum atomic E-state index is 12.7. The molecular formula is C16H20N2O3S. The van der Waals surface area contributed by atoms with Crippen molar-refractivity contribution in [3.8, 4) is 0 Å². The van der Waals surface area contributed by atoms with Gasteiger partial charge >= 0.3 is 0 Å². The van der Waals surface area contributed by atoms with Crippen molar-refractivity contribution in [2.24, 2.45) is 0 Å². The van der Waals surface area contributed by atoms with Gasteiger partial charge in [-0.25, -0.2) is 8.42 Å². The maximum Gasteiger partial charge on any atom is 0.243 e. The van der Waals surface area contributed by atoms with Gasteiger partial charge in [0.1, 0.15) is 0 Å². The molecule has 0 unspecified atom stereocenters. The van der Waals surface area contributed by atoms with Crippen molar-refractivity contribution in [2.45, 2.75) is 24.2 Å². The van der Waals surface area contributed by atoms with E-state index < -0.39 is 15.4 Å². The molecule has 1 N–H and O–H groups in total. The van der Waals surface area contributed by atoms with Crippen LogP contribution >= 0.6 is 0 Å². The van der Waals surface area contributed by atoms with Gasteiger partial charge < -0.3 is 5.32 Å². The SMILES string of the molecule is C=CCN(CC=C)S(=O)(=O)c1ccc2c(c1)C(C)(C)C(=O)N2. The highest BCUT2D eigenvalue weighted by molar-refractivity contribution is 7.89. The number of rotatable bonds is 6. The standard InChI is InChI=1S/C16H20N2O3S/c1-5-9-18(10-6-2)22(20,21)12-7-8-14-13(11-12)16(3,4)15(19)17-14/h5-8,11H,1-2,9-10H2,3-4H3,(H,17,19). The number of nitrogens with zero attached hydrogens (tertiary/aromatic N) is 1. The van der Waals surface area contributed by atoms with E-state index in [1.807, 2.05) is 0 Å². The quantitative estimate of drug-likeness (QED) is 0.818. The number of benzene rings is 1. The minimum Gasteiger partial charge on any atom is -0.325 e. The fraction of sp³-hybridized carbons (Fsp3) is 0.312. The molecule has 0 saturated heterocycles. The third-order valence-electron chi connectivity index (χ3n) is 3.78. The third kappa shape index (κ3) is 2.60. The van der Waals surface area contributed by atoms with Gasteiger partial charge in [0.05, 0.1) is 10.3 Å². The van der Waals surface area contributed by atoms with Crippen LogP contribution in [0.25, 0.3) is 0 Å². The molecule has 0 aliphatic carbocycles. The number of anilines is 1. The first-order valence-corrected chi connectivity index (χ1v) is 8.37. The predicted molar refractivity (Wildman–Crippen MR) is 87.3 cm³/mol. The van der Waals surface area contributed by atoms with Crippen LogP contribution < -0.4 is 5.32 Å². The summed E-state index contributed by atoms with van der Waals surface area (Å²) in [5.41, 5.74) is 0.603. The Balaban J connectivity index is 2.50. The van der Waals surface area contributed by atoms with Gasteiger partial charge in [-0.3, -0.25) is 4.79 Å². The number of nitrogens with one attached hydrogen (secondary N) is 1. The van der Waals surface area contributed by atoms with Gasteiger partial charge in [0.15, 0.2) is 0 Å². The van der Waals surface area contributed by atoms with Crippen molar-refractivity contribution in [2.75, 3.05) is 18.4 Å². The number of sulfonamides is 1. The van der Waals surface area contributed by atoms with Gasteiger partial charge in [-0.1, -0.05) is 12.2 Å². The summed E-state index contributed by atoms with van der Waals surface area (Å²) in [5.74, 6) is -0.133. The van der Waals surface area contributed by atoms with Gasteiger partial charge in [0.2, 0.25) is 15.9 Å². The van der Waals surface area contributed by atoms with Crippen molar-refractivity contribution in [3.63, 3.8) is 0 Å². The molecule has 0 spiro atoms. The van der Waals surface area contributed by atoms with E-state index in [4.69, 9.17) is 0 Å². The Morgan fingerprint density at radius 2 is 1.82 bits per heavy atom. The van der Waals surface area contributed by atoms with Gasteiger partial charge in [0.25, 0.3) is 0 Å². The van der Waals surface area contributed by atoms with E-state index in [0.29, 0.717) is 11.3 Å². The molecule has 1 aromatic rings. The van der Waals surface area contributed by atoms with Crippen LogP contribution in [0, 0.1) is 0 Å². The zero-order valence-electron chi connectivity index (χ0n) is 12.8. The van der Waals surface area contributed by atoms with Crippen molar-refractivity contribution in [1.82, 2.24) is 4.31 Å². The Hall–Kier alpha value is -1.92. The summed E-state index contributed by atoms with van der Waals surface area (Å²) in [6.07, 6.45) is 3.06. The summed E-state index contributed by atoms with van der Waals surface area (Å²) in [5, 5.41) is 2.77. The number of amides is 1. The highest BCUT2D eigenvalue weighted by Crippen LogP contribution is 2.38. The number of carbonyl (C=O) groups excluding carboxylic acids is 1. The topological polar surface area (TPSA) is 66.5 Å². The van der Waals surface area contributed by atoms with Crippen molar-refractivity contribution < 1.29 is 13.2 Å². The van der Waals surface area contributed by atoms with E-state index in [-0.39, 0.29) is 23.9 Å². The Bertz CT molecular complexity index is 726. The molecule has 0 fully saturated rings. The molecule has 0 bridgehead atoms. The van der Waals surface area contributed by atoms with E-state index in [0.717, 1.165) is 0 Å². The first-order chi connectivity index (χ1) is 10.2. The molecule has 1 aromatic carbocycles. The summed E-state index contributed by atoms with van der Waals surface area (Å²) in [7, 11) is -3.66. The summed E-state index contributed by atoms with van der Waals surface area (Å²) in [4.78, 5) is 12.1. The molecule has 0 aromatic heterocycles. The molecule has 1 aliphatic heterocycles. The van der Waals surface area contributed by atoms with Crippen LogP contribution in [0.3, 0.4) is 0 Å². The van der Waals surface area contributed by atoms with Crippen LogP contribution in [0.15, 0.2) is 48.4 Å². The lowest BCUT2D eigenvalue weighted by Gasteiger charge is -2.21. The van der Waals surface area contributed by atoms with Crippen molar-refractivity contribution in [3.05, 3.63) is 49.1 Å². The lowest BCUT2D eigenvalue weighted by Crippen LogP contribution is -2.31. The van der Waals surface area contributed by atoms with Crippen LogP contribution in [0.4, 0.5) is 5.69 Å². The summed E-state index contributed by atoms with van der Waals surface area (Å²) in [6.45, 7) is 11.1. The fourth-order valence-electron chi connectivity index (χ4n) is 2.42. The Kier molecular flexibility index (Phi) is 4.26. The second-order valence-electron chi connectivity index (χ2n) is 5.69. The molecule has 1 heterocycles. The molecule has 2 rings (SSSR count). The number of hydrogen-bond donors (Lipinski definition) is 1. The van der Waals surface area contributed by atoms with Crippen LogP contribution in [-0.2, 0) is 20.2 Å². The van der Waals surface area contributed by atoms with Crippen LogP contribution in [-0.4, -0.2) is 31.7 Å². The van der Waals surface area contributed by atoms with Crippen LogP contribution in [0.1, 0.15) is 19.4 Å². The van der Waals surface area contributed by atoms with E-state index in [1.54, 1.807) is 26.0 Å². The minimum atomic E-state index is -3.66. The van der Waals surface area contributed by atoms with Gasteiger partial charge in [-0.05, 0) is 37.6 Å². The smallest absolute Gasteiger partial charge is 0.243 e. The Labute approximate surface area is 131 Å². The lowest BCUT2D eigenvalue weighted by molar-refractivity contribution is -0.119. The maximum absolute atomic E-state index is 12.7. The van der Waals surface area contributed by atoms with Gasteiger partial charge in [-0.15, -0.1) is 13.2 Å². The molecule has 0 radical (unpaired) electrons. The predicted octanol–water partition coefficient (Wildman–Crippen LogP) is 2.28. The molecule has 22 heavy (non-hydrogen) atoms. The normalized spacial score (nSPS) is 16.2. The molecule has 118 valence electrons. The lowest BCUT2D eigenvalue weighted by atomic mass is 9.86. The van der Waals surface area contributed by atoms with Crippen molar-refractivity contribution >= 4 is 21.6 Å². The molecule has 6 heteroatoms. The Morgan fingerprint density at radius 3 is 2.36 bits per heavy atom. The first kappa shape index (κ1) is 16.5. The molecule has 1 aliphatic rings. The first-order valence-electron chi connectivity index (χ1n) is 6.93.